The van der Waals surface area contributed by atoms with E-state index in [-0.39, 0.29) is 5.56 Å². The predicted molar refractivity (Wildman–Crippen MR) is 66.2 cm³/mol. The second kappa shape index (κ2) is 4.37. The van der Waals surface area contributed by atoms with Gasteiger partial charge in [0.15, 0.2) is 0 Å². The molecule has 2 nitrogen and oxygen atoms in total. The Morgan fingerprint density at radius 2 is 2.24 bits per heavy atom. The van der Waals surface area contributed by atoms with E-state index >= 15 is 0 Å². The van der Waals surface area contributed by atoms with Crippen molar-refractivity contribution in [1.82, 2.24) is 0 Å². The van der Waals surface area contributed by atoms with Crippen LogP contribution in [0.2, 0.25) is 0 Å². The zero-order valence-electron chi connectivity index (χ0n) is 10.3. The lowest BCUT2D eigenvalue weighted by Gasteiger charge is -2.18. The van der Waals surface area contributed by atoms with Gasteiger partial charge in [-0.25, -0.2) is 4.39 Å². The summed E-state index contributed by atoms with van der Waals surface area (Å²) < 4.78 is 13.4. The van der Waals surface area contributed by atoms with Crippen LogP contribution in [-0.2, 0) is 0 Å². The third-order valence-corrected chi connectivity index (χ3v) is 3.43. The normalized spacial score (nSPS) is 22.1. The summed E-state index contributed by atoms with van der Waals surface area (Å²) in [7, 11) is 0. The molecule has 1 aliphatic carbocycles. The van der Waals surface area contributed by atoms with Gasteiger partial charge in [0.25, 0.3) is 0 Å². The summed E-state index contributed by atoms with van der Waals surface area (Å²) in [6, 6.07) is 6.94. The van der Waals surface area contributed by atoms with Gasteiger partial charge in [0.1, 0.15) is 11.9 Å². The molecule has 0 bridgehead atoms. The average molecular weight is 232 g/mol. The topological polar surface area (TPSA) is 35.8 Å². The number of halogens is 1. The van der Waals surface area contributed by atoms with Gasteiger partial charge in [0.05, 0.1) is 5.56 Å². The molecule has 2 rings (SSSR count). The number of rotatable bonds is 2. The van der Waals surface area contributed by atoms with Gasteiger partial charge in [0, 0.05) is 11.7 Å². The number of hydrogen-bond donors (Lipinski definition) is 1. The van der Waals surface area contributed by atoms with Crippen molar-refractivity contribution in [2.45, 2.75) is 39.2 Å². The molecule has 0 saturated heterocycles. The van der Waals surface area contributed by atoms with Crippen molar-refractivity contribution in [2.24, 2.45) is 5.41 Å². The molecule has 1 N–H and O–H groups in total. The van der Waals surface area contributed by atoms with Crippen LogP contribution in [0.15, 0.2) is 18.2 Å². The number of nitrogens with one attached hydrogen (secondary N) is 1. The van der Waals surface area contributed by atoms with Gasteiger partial charge in [-0.15, -0.1) is 0 Å². The summed E-state index contributed by atoms with van der Waals surface area (Å²) >= 11 is 0. The average Bonchev–Trinajstić information content (AvgIpc) is 2.58. The molecule has 1 aliphatic rings. The maximum absolute atomic E-state index is 13.4. The van der Waals surface area contributed by atoms with E-state index in [0.29, 0.717) is 11.5 Å². The van der Waals surface area contributed by atoms with Crippen LogP contribution >= 0.6 is 0 Å². The van der Waals surface area contributed by atoms with Crippen LogP contribution in [0.4, 0.5) is 10.1 Å². The van der Waals surface area contributed by atoms with Crippen LogP contribution in [0.25, 0.3) is 0 Å². The van der Waals surface area contributed by atoms with Gasteiger partial charge < -0.3 is 5.32 Å². The van der Waals surface area contributed by atoms with Crippen LogP contribution in [-0.4, -0.2) is 6.04 Å². The Labute approximate surface area is 101 Å². The van der Waals surface area contributed by atoms with Crippen LogP contribution in [0.3, 0.4) is 0 Å². The quantitative estimate of drug-likeness (QED) is 0.844. The van der Waals surface area contributed by atoms with Crippen molar-refractivity contribution in [3.63, 3.8) is 0 Å². The molecule has 0 aromatic heterocycles. The minimum atomic E-state index is -0.449. The number of anilines is 1. The van der Waals surface area contributed by atoms with E-state index in [2.05, 4.69) is 19.2 Å². The second-order valence-corrected chi connectivity index (χ2v) is 5.55. The van der Waals surface area contributed by atoms with E-state index < -0.39 is 5.82 Å². The molecule has 0 radical (unpaired) electrons. The third-order valence-electron chi connectivity index (χ3n) is 3.43. The van der Waals surface area contributed by atoms with Crippen LogP contribution in [0, 0.1) is 22.6 Å². The highest BCUT2D eigenvalue weighted by Gasteiger charge is 2.30. The molecule has 0 aliphatic heterocycles. The lowest BCUT2D eigenvalue weighted by molar-refractivity contribution is 0.378. The molecule has 1 atom stereocenters. The Morgan fingerprint density at radius 1 is 1.47 bits per heavy atom. The van der Waals surface area contributed by atoms with Crippen molar-refractivity contribution in [1.29, 1.82) is 5.26 Å². The zero-order valence-corrected chi connectivity index (χ0v) is 10.3. The molecular formula is C14H17FN2. The fourth-order valence-electron chi connectivity index (χ4n) is 2.49. The summed E-state index contributed by atoms with van der Waals surface area (Å²) in [5.41, 5.74) is 1.24. The SMILES string of the molecule is CC1(C)CCC(Nc2ccc(C#N)c(F)c2)C1. The van der Waals surface area contributed by atoms with Crippen molar-refractivity contribution in [3.05, 3.63) is 29.6 Å². The minimum absolute atomic E-state index is 0.0994. The van der Waals surface area contributed by atoms with Crippen LogP contribution in [0.5, 0.6) is 0 Å². The first-order chi connectivity index (χ1) is 8.00. The molecule has 90 valence electrons. The van der Waals surface area contributed by atoms with Gasteiger partial charge in [-0.1, -0.05) is 13.8 Å². The Balaban J connectivity index is 2.06. The maximum Gasteiger partial charge on any atom is 0.143 e. The lowest BCUT2D eigenvalue weighted by Crippen LogP contribution is -2.17. The minimum Gasteiger partial charge on any atom is -0.382 e. The number of nitrogens with zero attached hydrogens (tertiary/aromatic N) is 1. The summed E-state index contributed by atoms with van der Waals surface area (Å²) in [5.74, 6) is -0.449. The van der Waals surface area contributed by atoms with Crippen LogP contribution in [0.1, 0.15) is 38.7 Å². The number of nitriles is 1. The zero-order chi connectivity index (χ0) is 12.5. The molecule has 1 fully saturated rings. The van der Waals surface area contributed by atoms with Gasteiger partial charge >= 0.3 is 0 Å². The second-order valence-electron chi connectivity index (χ2n) is 5.55. The molecule has 17 heavy (non-hydrogen) atoms. The Bertz CT molecular complexity index is 460. The first-order valence-corrected chi connectivity index (χ1v) is 5.96. The van der Waals surface area contributed by atoms with E-state index in [1.165, 1.54) is 18.6 Å². The third kappa shape index (κ3) is 2.76. The highest BCUT2D eigenvalue weighted by Crippen LogP contribution is 2.38. The predicted octanol–water partition coefficient (Wildman–Crippen LogP) is 3.69. The fourth-order valence-corrected chi connectivity index (χ4v) is 2.49. The van der Waals surface area contributed by atoms with Gasteiger partial charge in [-0.3, -0.25) is 0 Å². The summed E-state index contributed by atoms with van der Waals surface area (Å²) in [5, 5.41) is 12.0. The Kier molecular flexibility index (Phi) is 3.06. The number of benzene rings is 1. The smallest absolute Gasteiger partial charge is 0.143 e. The molecule has 3 heteroatoms. The van der Waals surface area contributed by atoms with Crippen molar-refractivity contribution in [3.8, 4) is 6.07 Å². The highest BCUT2D eigenvalue weighted by atomic mass is 19.1. The summed E-state index contributed by atoms with van der Waals surface area (Å²) in [6.45, 7) is 4.52. The molecular weight excluding hydrogens is 215 g/mol. The standard InChI is InChI=1S/C14H17FN2/c1-14(2)6-5-12(8-14)17-11-4-3-10(9-16)13(15)7-11/h3-4,7,12,17H,5-6,8H2,1-2H3. The molecule has 1 aromatic rings. The number of hydrogen-bond acceptors (Lipinski definition) is 2. The molecule has 0 heterocycles. The monoisotopic (exact) mass is 232 g/mol. The Hall–Kier alpha value is -1.56. The van der Waals surface area contributed by atoms with E-state index in [0.717, 1.165) is 18.5 Å². The van der Waals surface area contributed by atoms with E-state index in [1.807, 2.05) is 6.07 Å². The largest absolute Gasteiger partial charge is 0.382 e. The van der Waals surface area contributed by atoms with E-state index in [4.69, 9.17) is 5.26 Å². The van der Waals surface area contributed by atoms with Crippen molar-refractivity contribution in [2.75, 3.05) is 5.32 Å². The molecule has 1 aromatic carbocycles. The molecule has 1 saturated carbocycles. The van der Waals surface area contributed by atoms with Crippen molar-refractivity contribution >= 4 is 5.69 Å². The maximum atomic E-state index is 13.4. The van der Waals surface area contributed by atoms with Gasteiger partial charge in [-0.2, -0.15) is 5.26 Å². The molecule has 0 spiro atoms. The highest BCUT2D eigenvalue weighted by molar-refractivity contribution is 5.48. The molecule has 0 amide bonds. The first kappa shape index (κ1) is 11.9. The summed E-state index contributed by atoms with van der Waals surface area (Å²) in [4.78, 5) is 0. The summed E-state index contributed by atoms with van der Waals surface area (Å²) in [6.07, 6.45) is 3.42. The van der Waals surface area contributed by atoms with E-state index in [1.54, 1.807) is 6.07 Å². The molecule has 1 unspecified atom stereocenters. The van der Waals surface area contributed by atoms with Gasteiger partial charge in [-0.05, 0) is 42.9 Å². The van der Waals surface area contributed by atoms with Crippen LogP contribution < -0.4 is 5.32 Å². The Morgan fingerprint density at radius 3 is 2.76 bits per heavy atom. The lowest BCUT2D eigenvalue weighted by atomic mass is 9.92. The first-order valence-electron chi connectivity index (χ1n) is 5.96. The van der Waals surface area contributed by atoms with Gasteiger partial charge in [0.2, 0.25) is 0 Å². The van der Waals surface area contributed by atoms with E-state index in [9.17, 15) is 4.39 Å². The fraction of sp³-hybridized carbons (Fsp3) is 0.500. The van der Waals surface area contributed by atoms with Crippen molar-refractivity contribution < 1.29 is 4.39 Å².